The Bertz CT molecular complexity index is 1260. The zero-order valence-corrected chi connectivity index (χ0v) is 24.1. The molecule has 3 aliphatic rings. The van der Waals surface area contributed by atoms with Gasteiger partial charge in [0.05, 0.1) is 30.0 Å². The quantitative estimate of drug-likeness (QED) is 0.429. The Labute approximate surface area is 245 Å². The van der Waals surface area contributed by atoms with Crippen LogP contribution in [0.1, 0.15) is 48.0 Å². The van der Waals surface area contributed by atoms with E-state index in [9.17, 15) is 14.4 Å². The number of hydrogen-bond donors (Lipinski definition) is 2. The van der Waals surface area contributed by atoms with Crippen molar-refractivity contribution >= 4 is 35.2 Å². The van der Waals surface area contributed by atoms with E-state index in [0.717, 1.165) is 37.2 Å². The summed E-state index contributed by atoms with van der Waals surface area (Å²) in [6.07, 6.45) is 3.26. The van der Waals surface area contributed by atoms with Crippen molar-refractivity contribution in [3.05, 3.63) is 52.5 Å². The van der Waals surface area contributed by atoms with Gasteiger partial charge in [0.25, 0.3) is 5.91 Å². The van der Waals surface area contributed by atoms with Crippen molar-refractivity contribution in [2.45, 2.75) is 44.8 Å². The zero-order valence-electron chi connectivity index (χ0n) is 23.3. The second-order valence-electron chi connectivity index (χ2n) is 10.6. The molecule has 3 aliphatic heterocycles. The molecule has 3 heterocycles. The molecule has 0 aromatic heterocycles. The lowest BCUT2D eigenvalue weighted by molar-refractivity contribution is -0.125. The van der Waals surface area contributed by atoms with Crippen LogP contribution >= 0.6 is 11.6 Å². The van der Waals surface area contributed by atoms with Crippen molar-refractivity contribution < 1.29 is 28.6 Å². The average molecular weight is 585 g/mol. The zero-order chi connectivity index (χ0) is 28.8. The lowest BCUT2D eigenvalue weighted by Gasteiger charge is -2.40. The van der Waals surface area contributed by atoms with Gasteiger partial charge >= 0.3 is 6.09 Å². The van der Waals surface area contributed by atoms with Crippen molar-refractivity contribution in [2.24, 2.45) is 5.92 Å². The van der Waals surface area contributed by atoms with E-state index in [-0.39, 0.29) is 36.5 Å². The number of halogens is 1. The van der Waals surface area contributed by atoms with Gasteiger partial charge in [-0.2, -0.15) is 0 Å². The molecule has 0 saturated carbocycles. The number of amides is 3. The Morgan fingerprint density at radius 1 is 1.10 bits per heavy atom. The van der Waals surface area contributed by atoms with Crippen LogP contribution in [0.15, 0.2) is 36.4 Å². The number of ether oxygens (including phenoxy) is 3. The third kappa shape index (κ3) is 6.70. The number of rotatable bonds is 9. The molecule has 5 rings (SSSR count). The van der Waals surface area contributed by atoms with E-state index in [0.29, 0.717) is 67.6 Å². The third-order valence-electron chi connectivity index (χ3n) is 7.99. The number of methoxy groups -OCH3 is 1. The average Bonchev–Trinajstić information content (AvgIpc) is 3.01. The summed E-state index contributed by atoms with van der Waals surface area (Å²) in [5.41, 5.74) is 2.22. The van der Waals surface area contributed by atoms with E-state index in [1.807, 2.05) is 24.3 Å². The predicted molar refractivity (Wildman–Crippen MR) is 155 cm³/mol. The number of fused-ring (bicyclic) bond motifs is 1. The first kappa shape index (κ1) is 29.0. The van der Waals surface area contributed by atoms with Crippen LogP contribution in [-0.4, -0.2) is 75.3 Å². The van der Waals surface area contributed by atoms with E-state index in [1.54, 1.807) is 21.9 Å². The largest absolute Gasteiger partial charge is 0.496 e. The number of carbonyl (C=O) groups is 3. The summed E-state index contributed by atoms with van der Waals surface area (Å²) in [5, 5.41) is 6.56. The number of para-hydroxylation sites is 1. The van der Waals surface area contributed by atoms with Gasteiger partial charge < -0.3 is 29.7 Å². The highest BCUT2D eigenvalue weighted by atomic mass is 35.5. The number of likely N-dealkylation sites (tertiary alicyclic amines) is 1. The third-order valence-corrected chi connectivity index (χ3v) is 8.28. The van der Waals surface area contributed by atoms with Crippen LogP contribution in [0.4, 0.5) is 10.5 Å². The first-order valence-electron chi connectivity index (χ1n) is 14.3. The van der Waals surface area contributed by atoms with Gasteiger partial charge in [0.15, 0.2) is 0 Å². The van der Waals surface area contributed by atoms with Crippen LogP contribution in [0.5, 0.6) is 11.5 Å². The number of anilines is 1. The number of piperidine rings is 2. The molecule has 0 bridgehead atoms. The molecule has 2 aromatic carbocycles. The summed E-state index contributed by atoms with van der Waals surface area (Å²) in [6.45, 7) is 3.88. The molecule has 3 amide bonds. The lowest BCUT2D eigenvalue weighted by atomic mass is 9.97. The van der Waals surface area contributed by atoms with E-state index >= 15 is 0 Å². The number of nitrogens with one attached hydrogen (secondary N) is 2. The van der Waals surface area contributed by atoms with E-state index in [2.05, 4.69) is 10.6 Å². The Balaban J connectivity index is 1.14. The number of carbonyl (C=O) groups excluding carboxylic acids is 3. The molecule has 0 spiro atoms. The van der Waals surface area contributed by atoms with Gasteiger partial charge in [-0.3, -0.25) is 14.5 Å². The van der Waals surface area contributed by atoms with Gasteiger partial charge in [0.2, 0.25) is 5.91 Å². The second-order valence-corrected chi connectivity index (χ2v) is 11.0. The van der Waals surface area contributed by atoms with Gasteiger partial charge in [0.1, 0.15) is 18.1 Å². The Kier molecular flexibility index (Phi) is 9.51. The first-order chi connectivity index (χ1) is 20.0. The van der Waals surface area contributed by atoms with Gasteiger partial charge in [-0.05, 0) is 57.3 Å². The van der Waals surface area contributed by atoms with Crippen molar-refractivity contribution in [1.29, 1.82) is 0 Å². The summed E-state index contributed by atoms with van der Waals surface area (Å²) in [4.78, 5) is 41.9. The standard InChI is InChI=1S/C30H37ClN4O6/c1-39-26-18-27(40-16-4-11-33-28(36)20-7-12-32-13-8-20)24(31)17-23(26)29(37)34-14-9-22(10-15-34)35-25-6-3-2-5-21(25)19-41-30(35)38/h2-3,5-6,17-18,20,22,32H,4,7-16,19H2,1H3,(H,33,36). The van der Waals surface area contributed by atoms with Gasteiger partial charge in [0, 0.05) is 43.2 Å². The summed E-state index contributed by atoms with van der Waals surface area (Å²) in [7, 11) is 1.51. The molecular weight excluding hydrogens is 548 g/mol. The van der Waals surface area contributed by atoms with Gasteiger partial charge in [-0.1, -0.05) is 29.8 Å². The normalized spacial score (nSPS) is 18.0. The van der Waals surface area contributed by atoms with Crippen LogP contribution in [0.25, 0.3) is 0 Å². The molecule has 2 N–H and O–H groups in total. The molecule has 0 aliphatic carbocycles. The van der Waals surface area contributed by atoms with Crippen molar-refractivity contribution in [2.75, 3.05) is 51.3 Å². The molecule has 0 atom stereocenters. The number of cyclic esters (lactones) is 1. The minimum atomic E-state index is -0.346. The molecule has 2 fully saturated rings. The number of nitrogens with zero attached hydrogens (tertiary/aromatic N) is 2. The molecule has 0 radical (unpaired) electrons. The molecular formula is C30H37ClN4O6. The maximum absolute atomic E-state index is 13.5. The van der Waals surface area contributed by atoms with E-state index in [4.69, 9.17) is 25.8 Å². The lowest BCUT2D eigenvalue weighted by Crippen LogP contribution is -2.50. The van der Waals surface area contributed by atoms with Crippen LogP contribution < -0.4 is 25.0 Å². The highest BCUT2D eigenvalue weighted by Crippen LogP contribution is 2.35. The van der Waals surface area contributed by atoms with E-state index in [1.165, 1.54) is 7.11 Å². The van der Waals surface area contributed by atoms with Crippen molar-refractivity contribution in [3.63, 3.8) is 0 Å². The molecule has 11 heteroatoms. The Morgan fingerprint density at radius 2 is 1.85 bits per heavy atom. The van der Waals surface area contributed by atoms with Gasteiger partial charge in [-0.15, -0.1) is 0 Å². The fraction of sp³-hybridized carbons (Fsp3) is 0.500. The Morgan fingerprint density at radius 3 is 2.61 bits per heavy atom. The van der Waals surface area contributed by atoms with Crippen molar-refractivity contribution in [1.82, 2.24) is 15.5 Å². The topological polar surface area (TPSA) is 109 Å². The van der Waals surface area contributed by atoms with Crippen LogP contribution in [0.2, 0.25) is 5.02 Å². The minimum Gasteiger partial charge on any atom is -0.496 e. The van der Waals surface area contributed by atoms with Gasteiger partial charge in [-0.25, -0.2) is 4.79 Å². The van der Waals surface area contributed by atoms with Crippen molar-refractivity contribution in [3.8, 4) is 11.5 Å². The molecule has 0 unspecified atom stereocenters. The summed E-state index contributed by atoms with van der Waals surface area (Å²) < 4.78 is 16.8. The SMILES string of the molecule is COc1cc(OCCCNC(=O)C2CCNCC2)c(Cl)cc1C(=O)N1CCC(N2C(=O)OCc3ccccc32)CC1. The maximum Gasteiger partial charge on any atom is 0.414 e. The smallest absolute Gasteiger partial charge is 0.414 e. The Hall–Kier alpha value is -3.50. The summed E-state index contributed by atoms with van der Waals surface area (Å²) >= 11 is 6.51. The van der Waals surface area contributed by atoms with Crippen LogP contribution in [0.3, 0.4) is 0 Å². The molecule has 10 nitrogen and oxygen atoms in total. The predicted octanol–water partition coefficient (Wildman–Crippen LogP) is 3.99. The fourth-order valence-corrected chi connectivity index (χ4v) is 5.91. The minimum absolute atomic E-state index is 0.0567. The number of hydrogen-bond acceptors (Lipinski definition) is 7. The molecule has 2 aromatic rings. The fourth-order valence-electron chi connectivity index (χ4n) is 5.69. The maximum atomic E-state index is 13.5. The highest BCUT2D eigenvalue weighted by Gasteiger charge is 2.35. The summed E-state index contributed by atoms with van der Waals surface area (Å²) in [6, 6.07) is 10.9. The highest BCUT2D eigenvalue weighted by molar-refractivity contribution is 6.32. The van der Waals surface area contributed by atoms with Crippen LogP contribution in [0, 0.1) is 5.92 Å². The first-order valence-corrected chi connectivity index (χ1v) is 14.7. The van der Waals surface area contributed by atoms with Crippen LogP contribution in [-0.2, 0) is 16.1 Å². The molecule has 41 heavy (non-hydrogen) atoms. The molecule has 220 valence electrons. The summed E-state index contributed by atoms with van der Waals surface area (Å²) in [5.74, 6) is 0.787. The number of benzene rings is 2. The second kappa shape index (κ2) is 13.4. The van der Waals surface area contributed by atoms with E-state index < -0.39 is 0 Å². The molecule has 2 saturated heterocycles. The monoisotopic (exact) mass is 584 g/mol.